The zero-order chi connectivity index (χ0) is 20.6. The van der Waals surface area contributed by atoms with Crippen LogP contribution in [0.2, 0.25) is 0 Å². The highest BCUT2D eigenvalue weighted by molar-refractivity contribution is 5.89. The first-order valence-corrected chi connectivity index (χ1v) is 10.1. The zero-order valence-electron chi connectivity index (χ0n) is 17.6. The molecule has 2 N–H and O–H groups in total. The smallest absolute Gasteiger partial charge is 0.410 e. The number of urea groups is 1. The third-order valence-electron chi connectivity index (χ3n) is 4.49. The molecule has 1 saturated heterocycles. The third-order valence-corrected chi connectivity index (χ3v) is 4.49. The quantitative estimate of drug-likeness (QED) is 0.781. The monoisotopic (exact) mass is 390 g/mol. The summed E-state index contributed by atoms with van der Waals surface area (Å²) in [6, 6.07) is 7.79. The third kappa shape index (κ3) is 7.76. The Labute approximate surface area is 168 Å². The fourth-order valence-corrected chi connectivity index (χ4v) is 2.94. The van der Waals surface area contributed by atoms with Crippen molar-refractivity contribution in [2.24, 2.45) is 0 Å². The van der Waals surface area contributed by atoms with Gasteiger partial charge in [0.25, 0.3) is 0 Å². The molecule has 0 saturated carbocycles. The van der Waals surface area contributed by atoms with Crippen molar-refractivity contribution in [1.29, 1.82) is 0 Å². The van der Waals surface area contributed by atoms with Crippen molar-refractivity contribution >= 4 is 17.8 Å². The summed E-state index contributed by atoms with van der Waals surface area (Å²) < 4.78 is 5.44. The maximum atomic E-state index is 12.1. The van der Waals surface area contributed by atoms with Gasteiger partial charge < -0.3 is 20.3 Å². The molecule has 7 heteroatoms. The second-order valence-electron chi connectivity index (χ2n) is 8.14. The molecule has 156 valence electrons. The second kappa shape index (κ2) is 10.3. The van der Waals surface area contributed by atoms with Gasteiger partial charge in [-0.1, -0.05) is 19.1 Å². The number of hydrogen-bond acceptors (Lipinski definition) is 4. The topological polar surface area (TPSA) is 73.9 Å². The van der Waals surface area contributed by atoms with Gasteiger partial charge in [-0.3, -0.25) is 4.90 Å². The number of rotatable bonds is 6. The average molecular weight is 391 g/mol. The van der Waals surface area contributed by atoms with Crippen LogP contribution in [-0.4, -0.2) is 66.8 Å². The van der Waals surface area contributed by atoms with Gasteiger partial charge in [-0.2, -0.15) is 0 Å². The van der Waals surface area contributed by atoms with Crippen LogP contribution in [-0.2, 0) is 11.2 Å². The minimum absolute atomic E-state index is 0.169. The summed E-state index contributed by atoms with van der Waals surface area (Å²) in [4.78, 5) is 27.9. The van der Waals surface area contributed by atoms with Crippen molar-refractivity contribution in [3.05, 3.63) is 29.8 Å². The molecule has 0 bridgehead atoms. The number of benzene rings is 1. The molecule has 0 aromatic heterocycles. The van der Waals surface area contributed by atoms with Gasteiger partial charge in [0, 0.05) is 45.0 Å². The Hall–Kier alpha value is -2.28. The Morgan fingerprint density at radius 1 is 1.07 bits per heavy atom. The van der Waals surface area contributed by atoms with E-state index in [-0.39, 0.29) is 12.1 Å². The van der Waals surface area contributed by atoms with Crippen LogP contribution < -0.4 is 10.6 Å². The van der Waals surface area contributed by atoms with Crippen molar-refractivity contribution < 1.29 is 14.3 Å². The van der Waals surface area contributed by atoms with Crippen LogP contribution in [0.25, 0.3) is 0 Å². The molecule has 1 heterocycles. The SMILES string of the molecule is CCCNC(=O)Nc1ccc(CCN2CCN(C(=O)OC(C)(C)C)CC2)cc1. The number of piperazine rings is 1. The van der Waals surface area contributed by atoms with E-state index in [0.29, 0.717) is 19.6 Å². The fraction of sp³-hybridized carbons (Fsp3) is 0.619. The Kier molecular flexibility index (Phi) is 8.11. The molecule has 3 amide bonds. The van der Waals surface area contributed by atoms with E-state index in [2.05, 4.69) is 15.5 Å². The Balaban J connectivity index is 1.71. The number of carbonyl (C=O) groups is 2. The fourth-order valence-electron chi connectivity index (χ4n) is 2.94. The van der Waals surface area contributed by atoms with Crippen molar-refractivity contribution in [1.82, 2.24) is 15.1 Å². The largest absolute Gasteiger partial charge is 0.444 e. The summed E-state index contributed by atoms with van der Waals surface area (Å²) in [5.74, 6) is 0. The normalized spacial score (nSPS) is 15.2. The molecular formula is C21H34N4O3. The molecular weight excluding hydrogens is 356 g/mol. The molecule has 1 aliphatic heterocycles. The lowest BCUT2D eigenvalue weighted by Gasteiger charge is -2.35. The first-order chi connectivity index (χ1) is 13.3. The van der Waals surface area contributed by atoms with Crippen LogP contribution in [0, 0.1) is 0 Å². The number of nitrogens with one attached hydrogen (secondary N) is 2. The molecule has 0 unspecified atom stereocenters. The molecule has 7 nitrogen and oxygen atoms in total. The van der Waals surface area contributed by atoms with Crippen LogP contribution >= 0.6 is 0 Å². The molecule has 0 spiro atoms. The van der Waals surface area contributed by atoms with Crippen LogP contribution in [0.1, 0.15) is 39.7 Å². The summed E-state index contributed by atoms with van der Waals surface area (Å²) in [6.07, 6.45) is 1.63. The van der Waals surface area contributed by atoms with Gasteiger partial charge in [0.05, 0.1) is 0 Å². The van der Waals surface area contributed by atoms with E-state index in [1.165, 1.54) is 5.56 Å². The van der Waals surface area contributed by atoms with Gasteiger partial charge in [0.1, 0.15) is 5.60 Å². The molecule has 1 fully saturated rings. The van der Waals surface area contributed by atoms with E-state index < -0.39 is 5.60 Å². The Bertz CT molecular complexity index is 632. The standard InChI is InChI=1S/C21H34N4O3/c1-5-11-22-19(26)23-18-8-6-17(7-9-18)10-12-24-13-15-25(16-14-24)20(27)28-21(2,3)4/h6-9H,5,10-16H2,1-4H3,(H2,22,23,26). The van der Waals surface area contributed by atoms with Crippen molar-refractivity contribution in [3.8, 4) is 0 Å². The zero-order valence-corrected chi connectivity index (χ0v) is 17.6. The number of nitrogens with zero attached hydrogens (tertiary/aromatic N) is 2. The van der Waals surface area contributed by atoms with E-state index in [4.69, 9.17) is 4.74 Å². The van der Waals surface area contributed by atoms with Gasteiger partial charge >= 0.3 is 12.1 Å². The molecule has 2 rings (SSSR count). The number of ether oxygens (including phenoxy) is 1. The predicted molar refractivity (Wildman–Crippen MR) is 112 cm³/mol. The lowest BCUT2D eigenvalue weighted by molar-refractivity contribution is 0.0146. The lowest BCUT2D eigenvalue weighted by Crippen LogP contribution is -2.50. The molecule has 0 aliphatic carbocycles. The molecule has 1 aromatic carbocycles. The van der Waals surface area contributed by atoms with Crippen molar-refractivity contribution in [2.75, 3.05) is 44.6 Å². The molecule has 1 aliphatic rings. The first kappa shape index (κ1) is 22.0. The number of anilines is 1. The summed E-state index contributed by atoms with van der Waals surface area (Å²) in [5, 5.41) is 5.62. The van der Waals surface area contributed by atoms with Gasteiger partial charge in [0.2, 0.25) is 0 Å². The number of amides is 3. The van der Waals surface area contributed by atoms with Gasteiger partial charge in [0.15, 0.2) is 0 Å². The molecule has 0 atom stereocenters. The van der Waals surface area contributed by atoms with Gasteiger partial charge in [-0.25, -0.2) is 9.59 Å². The predicted octanol–water partition coefficient (Wildman–Crippen LogP) is 3.31. The highest BCUT2D eigenvalue weighted by Gasteiger charge is 2.25. The highest BCUT2D eigenvalue weighted by atomic mass is 16.6. The van der Waals surface area contributed by atoms with E-state index >= 15 is 0 Å². The average Bonchev–Trinajstić information content (AvgIpc) is 2.65. The summed E-state index contributed by atoms with van der Waals surface area (Å²) in [5.41, 5.74) is 1.57. The van der Waals surface area contributed by atoms with Crippen LogP contribution in [0.4, 0.5) is 15.3 Å². The first-order valence-electron chi connectivity index (χ1n) is 10.1. The van der Waals surface area contributed by atoms with Gasteiger partial charge in [-0.15, -0.1) is 0 Å². The van der Waals surface area contributed by atoms with Crippen LogP contribution in [0.3, 0.4) is 0 Å². The van der Waals surface area contributed by atoms with Crippen molar-refractivity contribution in [2.45, 2.75) is 46.1 Å². The maximum absolute atomic E-state index is 12.1. The summed E-state index contributed by atoms with van der Waals surface area (Å²) in [7, 11) is 0. The lowest BCUT2D eigenvalue weighted by atomic mass is 10.1. The van der Waals surface area contributed by atoms with Crippen LogP contribution in [0.5, 0.6) is 0 Å². The van der Waals surface area contributed by atoms with Crippen LogP contribution in [0.15, 0.2) is 24.3 Å². The minimum atomic E-state index is -0.452. The Morgan fingerprint density at radius 3 is 2.29 bits per heavy atom. The highest BCUT2D eigenvalue weighted by Crippen LogP contribution is 2.13. The molecule has 1 aromatic rings. The number of hydrogen-bond donors (Lipinski definition) is 2. The Morgan fingerprint density at radius 2 is 1.71 bits per heavy atom. The summed E-state index contributed by atoms with van der Waals surface area (Å²) >= 11 is 0. The van der Waals surface area contributed by atoms with E-state index in [0.717, 1.165) is 38.2 Å². The van der Waals surface area contributed by atoms with E-state index in [9.17, 15) is 9.59 Å². The van der Waals surface area contributed by atoms with E-state index in [1.807, 2.05) is 52.0 Å². The van der Waals surface area contributed by atoms with Crippen molar-refractivity contribution in [3.63, 3.8) is 0 Å². The van der Waals surface area contributed by atoms with E-state index in [1.54, 1.807) is 4.90 Å². The molecule has 28 heavy (non-hydrogen) atoms. The number of carbonyl (C=O) groups excluding carboxylic acids is 2. The van der Waals surface area contributed by atoms with Gasteiger partial charge in [-0.05, 0) is 51.3 Å². The molecule has 0 radical (unpaired) electrons. The minimum Gasteiger partial charge on any atom is -0.444 e. The second-order valence-corrected chi connectivity index (χ2v) is 8.14. The summed E-state index contributed by atoms with van der Waals surface area (Å²) in [6.45, 7) is 12.4. The maximum Gasteiger partial charge on any atom is 0.410 e.